The number of unbranched alkanes of at least 4 members (excludes halogenated alkanes) is 2. The molecule has 0 aromatic carbocycles. The Balaban J connectivity index is 2.16. The lowest BCUT2D eigenvalue weighted by Crippen LogP contribution is -2.47. The second-order valence-corrected chi connectivity index (χ2v) is 5.36. The summed E-state index contributed by atoms with van der Waals surface area (Å²) in [6.07, 6.45) is 1.87. The first-order valence-electron chi connectivity index (χ1n) is 7.73. The van der Waals surface area contributed by atoms with Crippen molar-refractivity contribution in [1.29, 1.82) is 0 Å². The van der Waals surface area contributed by atoms with E-state index >= 15 is 0 Å². The van der Waals surface area contributed by atoms with Crippen LogP contribution in [-0.4, -0.2) is 41.0 Å². The number of hydrogen-bond donors (Lipinski definition) is 0. The first-order chi connectivity index (χ1) is 11.4. The number of ether oxygens (including phenoxy) is 2. The maximum Gasteiger partial charge on any atom is 0.366 e. The molecule has 0 aliphatic carbocycles. The number of aromatic nitrogens is 1. The average Bonchev–Trinajstić information content (AvgIpc) is 2.55. The number of carbonyl (C=O) groups excluding carboxylic acids is 2. The normalized spacial score (nSPS) is 16.3. The van der Waals surface area contributed by atoms with Crippen molar-refractivity contribution >= 4 is 23.5 Å². The zero-order valence-corrected chi connectivity index (χ0v) is 13.6. The summed E-state index contributed by atoms with van der Waals surface area (Å²) >= 11 is 0. The van der Waals surface area contributed by atoms with Crippen LogP contribution < -0.4 is 9.64 Å². The number of rotatable bonds is 7. The van der Waals surface area contributed by atoms with Gasteiger partial charge in [0, 0.05) is 6.07 Å². The Labute approximate surface area is 138 Å². The molecule has 0 bridgehead atoms. The molecule has 130 valence electrons. The topological polar surface area (TPSA) is 112 Å². The summed E-state index contributed by atoms with van der Waals surface area (Å²) in [5.41, 5.74) is 0. The molecule has 24 heavy (non-hydrogen) atoms. The van der Waals surface area contributed by atoms with Crippen LogP contribution in [0.5, 0.6) is 5.75 Å². The molecule has 2 heterocycles. The molecule has 9 heteroatoms. The van der Waals surface area contributed by atoms with Crippen LogP contribution in [0.15, 0.2) is 12.1 Å². The zero-order chi connectivity index (χ0) is 17.7. The maximum absolute atomic E-state index is 12.3. The summed E-state index contributed by atoms with van der Waals surface area (Å²) < 4.78 is 10.5. The van der Waals surface area contributed by atoms with Crippen LogP contribution in [0.3, 0.4) is 0 Å². The lowest BCUT2D eigenvalue weighted by molar-refractivity contribution is -0.389. The quantitative estimate of drug-likeness (QED) is 0.323. The molecule has 0 spiro atoms. The van der Waals surface area contributed by atoms with Gasteiger partial charge in [-0.2, -0.15) is 0 Å². The van der Waals surface area contributed by atoms with Gasteiger partial charge in [-0.15, -0.1) is 0 Å². The molecule has 9 nitrogen and oxygen atoms in total. The number of anilines is 1. The molecule has 0 radical (unpaired) electrons. The van der Waals surface area contributed by atoms with E-state index in [-0.39, 0.29) is 24.7 Å². The van der Waals surface area contributed by atoms with E-state index in [0.29, 0.717) is 0 Å². The Morgan fingerprint density at radius 3 is 2.88 bits per heavy atom. The minimum Gasteiger partial charge on any atom is -0.475 e. The molecule has 0 fully saturated rings. The highest BCUT2D eigenvalue weighted by Crippen LogP contribution is 2.33. The summed E-state index contributed by atoms with van der Waals surface area (Å²) in [4.78, 5) is 39.3. The first kappa shape index (κ1) is 17.6. The Morgan fingerprint density at radius 1 is 1.46 bits per heavy atom. The molecule has 0 saturated carbocycles. The Hall–Kier alpha value is -2.71. The minimum absolute atomic E-state index is 0.0437. The van der Waals surface area contributed by atoms with E-state index in [1.807, 2.05) is 6.92 Å². The van der Waals surface area contributed by atoms with E-state index in [1.165, 1.54) is 19.1 Å². The highest BCUT2D eigenvalue weighted by atomic mass is 16.6. The van der Waals surface area contributed by atoms with Gasteiger partial charge in [-0.3, -0.25) is 14.5 Å². The van der Waals surface area contributed by atoms with Gasteiger partial charge < -0.3 is 19.6 Å². The number of carbonyl (C=O) groups is 2. The van der Waals surface area contributed by atoms with E-state index in [2.05, 4.69) is 4.98 Å². The molecule has 1 aliphatic rings. The van der Waals surface area contributed by atoms with Crippen LogP contribution in [0.25, 0.3) is 0 Å². The number of esters is 1. The summed E-state index contributed by atoms with van der Waals surface area (Å²) in [6, 6.07) is 2.55. The van der Waals surface area contributed by atoms with E-state index < -0.39 is 28.7 Å². The molecule has 1 aromatic rings. The SMILES string of the molecule is CCCCCOC(=O)CN1C(=O)C(C)Oc2ccc([N+](=O)[O-])nc21. The van der Waals surface area contributed by atoms with Crippen LogP contribution in [0.4, 0.5) is 11.6 Å². The molecular formula is C15H19N3O6. The van der Waals surface area contributed by atoms with Gasteiger partial charge >= 0.3 is 11.8 Å². The molecule has 1 amide bonds. The fraction of sp³-hybridized carbons (Fsp3) is 0.533. The van der Waals surface area contributed by atoms with Crippen LogP contribution in [0.2, 0.25) is 0 Å². The standard InChI is InChI=1S/C15H19N3O6/c1-3-4-5-8-23-13(19)9-17-14-11(24-10(2)15(17)20)6-7-12(16-14)18(21)22/h6-7,10H,3-5,8-9H2,1-2H3. The molecule has 2 rings (SSSR count). The first-order valence-corrected chi connectivity index (χ1v) is 7.73. The number of hydrogen-bond acceptors (Lipinski definition) is 7. The second-order valence-electron chi connectivity index (χ2n) is 5.36. The molecule has 1 aromatic heterocycles. The van der Waals surface area contributed by atoms with Gasteiger partial charge in [-0.05, 0) is 29.3 Å². The Kier molecular flexibility index (Phi) is 5.67. The molecule has 1 atom stereocenters. The van der Waals surface area contributed by atoms with Gasteiger partial charge in [-0.25, -0.2) is 0 Å². The number of fused-ring (bicyclic) bond motifs is 1. The molecule has 0 N–H and O–H groups in total. The van der Waals surface area contributed by atoms with Crippen LogP contribution in [0.1, 0.15) is 33.1 Å². The van der Waals surface area contributed by atoms with Crippen LogP contribution in [-0.2, 0) is 14.3 Å². The van der Waals surface area contributed by atoms with Crippen molar-refractivity contribution in [2.24, 2.45) is 0 Å². The van der Waals surface area contributed by atoms with Gasteiger partial charge in [0.2, 0.25) is 0 Å². The van der Waals surface area contributed by atoms with Gasteiger partial charge in [0.05, 0.1) is 6.61 Å². The number of pyridine rings is 1. The lowest BCUT2D eigenvalue weighted by atomic mass is 10.2. The van der Waals surface area contributed by atoms with Crippen molar-refractivity contribution < 1.29 is 24.0 Å². The Bertz CT molecular complexity index is 648. The second kappa shape index (κ2) is 7.71. The largest absolute Gasteiger partial charge is 0.475 e. The highest BCUT2D eigenvalue weighted by molar-refractivity contribution is 6.02. The van der Waals surface area contributed by atoms with Crippen molar-refractivity contribution in [2.45, 2.75) is 39.2 Å². The lowest BCUT2D eigenvalue weighted by Gasteiger charge is -2.28. The van der Waals surface area contributed by atoms with Gasteiger partial charge in [0.1, 0.15) is 6.54 Å². The zero-order valence-electron chi connectivity index (χ0n) is 13.6. The minimum atomic E-state index is -0.811. The van der Waals surface area contributed by atoms with Crippen molar-refractivity contribution in [1.82, 2.24) is 4.98 Å². The van der Waals surface area contributed by atoms with Crippen molar-refractivity contribution in [3.63, 3.8) is 0 Å². The summed E-state index contributed by atoms with van der Waals surface area (Å²) in [5.74, 6) is -1.35. The third kappa shape index (κ3) is 3.98. The molecule has 1 aliphatic heterocycles. The van der Waals surface area contributed by atoms with Crippen molar-refractivity contribution in [3.05, 3.63) is 22.2 Å². The van der Waals surface area contributed by atoms with Crippen molar-refractivity contribution in [3.8, 4) is 5.75 Å². The van der Waals surface area contributed by atoms with Crippen LogP contribution >= 0.6 is 0 Å². The monoisotopic (exact) mass is 337 g/mol. The summed E-state index contributed by atoms with van der Waals surface area (Å²) in [7, 11) is 0. The van der Waals surface area contributed by atoms with Crippen molar-refractivity contribution in [2.75, 3.05) is 18.1 Å². The van der Waals surface area contributed by atoms with Crippen LogP contribution in [0, 0.1) is 10.1 Å². The van der Waals surface area contributed by atoms with E-state index in [4.69, 9.17) is 9.47 Å². The fourth-order valence-corrected chi connectivity index (χ4v) is 2.24. The predicted molar refractivity (Wildman–Crippen MR) is 83.8 cm³/mol. The van der Waals surface area contributed by atoms with E-state index in [1.54, 1.807) is 0 Å². The average molecular weight is 337 g/mol. The Morgan fingerprint density at radius 2 is 2.21 bits per heavy atom. The van der Waals surface area contributed by atoms with E-state index in [0.717, 1.165) is 24.2 Å². The van der Waals surface area contributed by atoms with Gasteiger partial charge in [0.25, 0.3) is 11.7 Å². The maximum atomic E-state index is 12.3. The number of amides is 1. The fourth-order valence-electron chi connectivity index (χ4n) is 2.24. The smallest absolute Gasteiger partial charge is 0.366 e. The summed E-state index contributed by atoms with van der Waals surface area (Å²) in [6.45, 7) is 3.48. The third-order valence-electron chi connectivity index (χ3n) is 3.48. The van der Waals surface area contributed by atoms with Gasteiger partial charge in [-0.1, -0.05) is 19.8 Å². The predicted octanol–water partition coefficient (Wildman–Crippen LogP) is 1.84. The number of nitro groups is 1. The summed E-state index contributed by atoms with van der Waals surface area (Å²) in [5, 5.41) is 10.9. The van der Waals surface area contributed by atoms with E-state index in [9.17, 15) is 19.7 Å². The highest BCUT2D eigenvalue weighted by Gasteiger charge is 2.38. The molecule has 1 unspecified atom stereocenters. The third-order valence-corrected chi connectivity index (χ3v) is 3.48. The molecular weight excluding hydrogens is 318 g/mol. The molecule has 0 saturated heterocycles. The number of nitrogens with zero attached hydrogens (tertiary/aromatic N) is 3. The van der Waals surface area contributed by atoms with Gasteiger partial charge in [0.15, 0.2) is 11.9 Å².